The van der Waals surface area contributed by atoms with Gasteiger partial charge in [-0.3, -0.25) is 4.90 Å². The van der Waals surface area contributed by atoms with Crippen LogP contribution in [0.4, 0.5) is 0 Å². The zero-order valence-corrected chi connectivity index (χ0v) is 16.6. The van der Waals surface area contributed by atoms with Crippen molar-refractivity contribution in [2.24, 2.45) is 0 Å². The molecule has 1 aromatic carbocycles. The Balaban J connectivity index is 1.51. The Bertz CT molecular complexity index is 985. The van der Waals surface area contributed by atoms with Crippen LogP contribution in [-0.2, 0) is 6.67 Å². The predicted molar refractivity (Wildman–Crippen MR) is 103 cm³/mol. The molecule has 0 bridgehead atoms. The molecular formula is C19H23N5O2S. The Hall–Kier alpha value is -2.32. The quantitative estimate of drug-likeness (QED) is 0.628. The van der Waals surface area contributed by atoms with E-state index in [0.717, 1.165) is 37.4 Å². The molecule has 142 valence electrons. The molecule has 8 heteroatoms. The number of piperidine rings is 1. The number of benzene rings is 1. The first kappa shape index (κ1) is 18.1. The Labute approximate surface area is 163 Å². The van der Waals surface area contributed by atoms with E-state index in [9.17, 15) is 0 Å². The molecule has 3 heterocycles. The topological polar surface area (TPSA) is 73.1 Å². The molecule has 0 spiro atoms. The number of hydrogen-bond donors (Lipinski definition) is 0. The van der Waals surface area contributed by atoms with Gasteiger partial charge in [0.25, 0.3) is 4.84 Å². The van der Waals surface area contributed by atoms with Crippen LogP contribution >= 0.6 is 12.2 Å². The molecule has 7 nitrogen and oxygen atoms in total. The van der Waals surface area contributed by atoms with Crippen LogP contribution in [-0.4, -0.2) is 37.9 Å². The van der Waals surface area contributed by atoms with Crippen LogP contribution < -0.4 is 0 Å². The second-order valence-electron chi connectivity index (χ2n) is 7.29. The zero-order valence-electron chi connectivity index (χ0n) is 15.8. The van der Waals surface area contributed by atoms with Gasteiger partial charge in [-0.2, -0.15) is 4.98 Å². The lowest BCUT2D eigenvalue weighted by atomic mass is 9.98. The minimum atomic E-state index is 0.250. The number of aromatic nitrogens is 4. The van der Waals surface area contributed by atoms with Gasteiger partial charge >= 0.3 is 0 Å². The molecule has 0 N–H and O–H groups in total. The Kier molecular flexibility index (Phi) is 4.92. The van der Waals surface area contributed by atoms with Crippen LogP contribution in [0.3, 0.4) is 0 Å². The fourth-order valence-corrected chi connectivity index (χ4v) is 3.84. The van der Waals surface area contributed by atoms with E-state index in [1.54, 1.807) is 4.68 Å². The van der Waals surface area contributed by atoms with Crippen LogP contribution in [0.15, 0.2) is 27.1 Å². The minimum Gasteiger partial charge on any atom is -0.409 e. The highest BCUT2D eigenvalue weighted by Crippen LogP contribution is 2.26. The molecule has 2 aromatic heterocycles. The van der Waals surface area contributed by atoms with Gasteiger partial charge in [0.15, 0.2) is 5.82 Å². The largest absolute Gasteiger partial charge is 0.409 e. The van der Waals surface area contributed by atoms with Crippen molar-refractivity contribution < 1.29 is 8.94 Å². The monoisotopic (exact) mass is 385 g/mol. The first-order valence-corrected chi connectivity index (χ1v) is 9.58. The van der Waals surface area contributed by atoms with E-state index in [-0.39, 0.29) is 5.92 Å². The first-order chi connectivity index (χ1) is 13.0. The van der Waals surface area contributed by atoms with Crippen molar-refractivity contribution in [1.82, 2.24) is 24.8 Å². The van der Waals surface area contributed by atoms with Gasteiger partial charge < -0.3 is 8.94 Å². The van der Waals surface area contributed by atoms with E-state index in [4.69, 9.17) is 21.2 Å². The lowest BCUT2D eigenvalue weighted by Gasteiger charge is -2.30. The number of rotatable bonds is 4. The molecule has 0 radical (unpaired) electrons. The number of hydrogen-bond acceptors (Lipinski definition) is 7. The van der Waals surface area contributed by atoms with E-state index in [1.807, 2.05) is 6.92 Å². The highest BCUT2D eigenvalue weighted by atomic mass is 32.1. The summed E-state index contributed by atoms with van der Waals surface area (Å²) in [5.41, 5.74) is 3.30. The van der Waals surface area contributed by atoms with E-state index < -0.39 is 0 Å². The molecule has 1 unspecified atom stereocenters. The van der Waals surface area contributed by atoms with E-state index in [0.29, 0.717) is 23.2 Å². The zero-order chi connectivity index (χ0) is 19.0. The lowest BCUT2D eigenvalue weighted by molar-refractivity contribution is 0.142. The molecular weight excluding hydrogens is 362 g/mol. The fraction of sp³-hybridized carbons (Fsp3) is 0.474. The van der Waals surface area contributed by atoms with Crippen LogP contribution in [0.2, 0.25) is 0 Å². The normalized spacial score (nSPS) is 18.1. The molecule has 4 rings (SSSR count). The summed E-state index contributed by atoms with van der Waals surface area (Å²) in [5.74, 6) is 2.21. The second kappa shape index (κ2) is 7.36. The third-order valence-electron chi connectivity index (χ3n) is 4.81. The summed E-state index contributed by atoms with van der Waals surface area (Å²) in [6, 6.07) is 6.25. The third kappa shape index (κ3) is 4.01. The van der Waals surface area contributed by atoms with Gasteiger partial charge in [0, 0.05) is 12.1 Å². The van der Waals surface area contributed by atoms with Gasteiger partial charge in [0.1, 0.15) is 0 Å². The summed E-state index contributed by atoms with van der Waals surface area (Å²) >= 11 is 5.40. The van der Waals surface area contributed by atoms with Gasteiger partial charge in [0.2, 0.25) is 11.8 Å². The molecule has 1 aliphatic heterocycles. The molecule has 27 heavy (non-hydrogen) atoms. The molecule has 1 fully saturated rings. The molecule has 1 atom stereocenters. The van der Waals surface area contributed by atoms with Gasteiger partial charge in [0.05, 0.1) is 12.6 Å². The highest BCUT2D eigenvalue weighted by Gasteiger charge is 2.26. The summed E-state index contributed by atoms with van der Waals surface area (Å²) in [7, 11) is 0. The summed E-state index contributed by atoms with van der Waals surface area (Å²) < 4.78 is 12.9. The smallest absolute Gasteiger partial charge is 0.288 e. The molecule has 0 aliphatic carbocycles. The van der Waals surface area contributed by atoms with Crippen molar-refractivity contribution in [3.05, 3.63) is 45.9 Å². The van der Waals surface area contributed by atoms with E-state index >= 15 is 0 Å². The predicted octanol–water partition coefficient (Wildman–Crippen LogP) is 4.02. The number of nitrogens with zero attached hydrogens (tertiary/aromatic N) is 5. The number of likely N-dealkylation sites (tertiary alicyclic amines) is 1. The molecule has 1 aliphatic rings. The van der Waals surface area contributed by atoms with Gasteiger partial charge in [-0.25, -0.2) is 4.68 Å². The van der Waals surface area contributed by atoms with Crippen molar-refractivity contribution in [2.75, 3.05) is 13.1 Å². The summed E-state index contributed by atoms with van der Waals surface area (Å²) in [5, 5.41) is 8.52. The Morgan fingerprint density at radius 3 is 2.67 bits per heavy atom. The van der Waals surface area contributed by atoms with Crippen LogP contribution in [0.5, 0.6) is 0 Å². The summed E-state index contributed by atoms with van der Waals surface area (Å²) in [6.07, 6.45) is 2.12. The Morgan fingerprint density at radius 2 is 1.96 bits per heavy atom. The minimum absolute atomic E-state index is 0.250. The summed E-state index contributed by atoms with van der Waals surface area (Å²) in [4.78, 5) is 7.08. The lowest BCUT2D eigenvalue weighted by Crippen LogP contribution is -2.36. The molecule has 0 saturated carbocycles. The van der Waals surface area contributed by atoms with Crippen molar-refractivity contribution in [1.29, 1.82) is 0 Å². The van der Waals surface area contributed by atoms with Gasteiger partial charge in [-0.1, -0.05) is 22.3 Å². The standard InChI is InChI=1S/C19H23N5O2S/c1-12-7-13(2)9-16(8-12)18-21-24(19(27)25-18)11-23-6-4-5-15(10-23)17-20-14(3)22-26-17/h7-9,15H,4-6,10-11H2,1-3H3. The van der Waals surface area contributed by atoms with Crippen molar-refractivity contribution in [2.45, 2.75) is 46.2 Å². The van der Waals surface area contributed by atoms with Crippen LogP contribution in [0, 0.1) is 25.6 Å². The van der Waals surface area contributed by atoms with Gasteiger partial charge in [-0.05, 0) is 64.5 Å². The summed E-state index contributed by atoms with van der Waals surface area (Å²) in [6.45, 7) is 8.39. The average molecular weight is 385 g/mol. The molecule has 1 saturated heterocycles. The van der Waals surface area contributed by atoms with Crippen LogP contribution in [0.1, 0.15) is 41.6 Å². The van der Waals surface area contributed by atoms with Crippen molar-refractivity contribution >= 4 is 12.2 Å². The maximum absolute atomic E-state index is 5.77. The van der Waals surface area contributed by atoms with Crippen LogP contribution in [0.25, 0.3) is 11.5 Å². The number of aryl methyl sites for hydroxylation is 3. The molecule has 3 aromatic rings. The fourth-order valence-electron chi connectivity index (χ4n) is 3.66. The first-order valence-electron chi connectivity index (χ1n) is 9.17. The third-order valence-corrected chi connectivity index (χ3v) is 5.10. The van der Waals surface area contributed by atoms with Crippen molar-refractivity contribution in [3.8, 4) is 11.5 Å². The SMILES string of the molecule is Cc1cc(C)cc(-c2nn(CN3CCCC(c4nc(C)no4)C3)c(=S)o2)c1. The van der Waals surface area contributed by atoms with Gasteiger partial charge in [-0.15, -0.1) is 5.10 Å². The second-order valence-corrected chi connectivity index (χ2v) is 7.64. The van der Waals surface area contributed by atoms with E-state index in [2.05, 4.69) is 52.2 Å². The maximum atomic E-state index is 5.77. The Morgan fingerprint density at radius 1 is 1.19 bits per heavy atom. The van der Waals surface area contributed by atoms with Crippen molar-refractivity contribution in [3.63, 3.8) is 0 Å². The molecule has 0 amide bonds. The highest BCUT2D eigenvalue weighted by molar-refractivity contribution is 7.71. The van der Waals surface area contributed by atoms with E-state index in [1.165, 1.54) is 11.1 Å². The average Bonchev–Trinajstić information content (AvgIpc) is 3.21. The maximum Gasteiger partial charge on any atom is 0.288 e.